The fourth-order valence-corrected chi connectivity index (χ4v) is 4.44. The van der Waals surface area contributed by atoms with Crippen molar-refractivity contribution in [3.63, 3.8) is 0 Å². The number of nitrogens with zero attached hydrogens (tertiary/aromatic N) is 5. The molecule has 1 fully saturated rings. The lowest BCUT2D eigenvalue weighted by atomic mass is 10.1. The number of halogens is 1. The molecule has 1 N–H and O–H groups in total. The van der Waals surface area contributed by atoms with Gasteiger partial charge in [-0.05, 0) is 13.3 Å². The Morgan fingerprint density at radius 3 is 2.67 bits per heavy atom. The molecule has 1 aliphatic heterocycles. The molecule has 0 bridgehead atoms. The third-order valence-electron chi connectivity index (χ3n) is 4.89. The summed E-state index contributed by atoms with van der Waals surface area (Å²) in [7, 11) is -0.954. The van der Waals surface area contributed by atoms with Crippen LogP contribution in [0.1, 0.15) is 37.0 Å². The lowest BCUT2D eigenvalue weighted by Gasteiger charge is -2.22. The second-order valence-electron chi connectivity index (χ2n) is 6.85. The SMILES string of the molecule is COCCn1c(NS(=O)(=O)[C@@H](C)[C@H](OC)c2ncc(Cl)cn2)nnc1[C@@H]1CCOC1. The number of nitrogens with one attached hydrogen (secondary N) is 1. The number of sulfonamides is 1. The molecule has 2 aromatic heterocycles. The maximum atomic E-state index is 13.1. The highest BCUT2D eigenvalue weighted by molar-refractivity contribution is 7.93. The van der Waals surface area contributed by atoms with Crippen LogP contribution in [-0.4, -0.2) is 72.4 Å². The predicted octanol–water partition coefficient (Wildman–Crippen LogP) is 1.39. The number of methoxy groups -OCH3 is 2. The van der Waals surface area contributed by atoms with Gasteiger partial charge in [0.1, 0.15) is 17.2 Å². The van der Waals surface area contributed by atoms with E-state index in [0.717, 1.165) is 6.42 Å². The van der Waals surface area contributed by atoms with Crippen molar-refractivity contribution in [3.05, 3.63) is 29.1 Å². The van der Waals surface area contributed by atoms with Crippen molar-refractivity contribution < 1.29 is 22.6 Å². The normalized spacial score (nSPS) is 19.0. The summed E-state index contributed by atoms with van der Waals surface area (Å²) >= 11 is 5.82. The van der Waals surface area contributed by atoms with E-state index in [2.05, 4.69) is 24.9 Å². The largest absolute Gasteiger partial charge is 0.383 e. The van der Waals surface area contributed by atoms with Gasteiger partial charge in [0.05, 0.1) is 24.8 Å². The lowest BCUT2D eigenvalue weighted by molar-refractivity contribution is 0.0950. The summed E-state index contributed by atoms with van der Waals surface area (Å²) in [6, 6.07) is 0. The van der Waals surface area contributed by atoms with Crippen LogP contribution in [0.3, 0.4) is 0 Å². The molecule has 1 aliphatic rings. The zero-order valence-electron chi connectivity index (χ0n) is 17.0. The van der Waals surface area contributed by atoms with Gasteiger partial charge in [-0.25, -0.2) is 18.4 Å². The highest BCUT2D eigenvalue weighted by atomic mass is 35.5. The quantitative estimate of drug-likeness (QED) is 0.558. The molecule has 0 amide bonds. The first kappa shape index (κ1) is 22.8. The van der Waals surface area contributed by atoms with Crippen LogP contribution in [0.4, 0.5) is 5.95 Å². The molecule has 30 heavy (non-hydrogen) atoms. The molecule has 2 aromatic rings. The minimum atomic E-state index is -3.92. The molecule has 11 nitrogen and oxygen atoms in total. The van der Waals surface area contributed by atoms with Crippen LogP contribution in [0.5, 0.6) is 0 Å². The smallest absolute Gasteiger partial charge is 0.240 e. The molecule has 3 heterocycles. The molecule has 3 atom stereocenters. The van der Waals surface area contributed by atoms with Crippen LogP contribution >= 0.6 is 11.6 Å². The van der Waals surface area contributed by atoms with Gasteiger partial charge >= 0.3 is 0 Å². The standard InChI is InChI=1S/C17H25ClN6O5S/c1-11(14(28-3)15-19-8-13(18)9-20-15)30(25,26)23-17-22-21-16(12-4-6-29-10-12)24(17)5-7-27-2/h8-9,11-12,14H,4-7,10H2,1-3H3,(H,22,23)/t11-,12+,14-/m0/s1. The Morgan fingerprint density at radius 2 is 2.07 bits per heavy atom. The number of aromatic nitrogens is 5. The third kappa shape index (κ3) is 5.06. The molecule has 1 saturated heterocycles. The van der Waals surface area contributed by atoms with Crippen molar-refractivity contribution in [2.45, 2.75) is 37.2 Å². The van der Waals surface area contributed by atoms with Crippen molar-refractivity contribution >= 4 is 27.6 Å². The van der Waals surface area contributed by atoms with Gasteiger partial charge in [0, 0.05) is 39.1 Å². The Morgan fingerprint density at radius 1 is 1.33 bits per heavy atom. The van der Waals surface area contributed by atoms with Gasteiger partial charge in [0.25, 0.3) is 0 Å². The van der Waals surface area contributed by atoms with Crippen LogP contribution < -0.4 is 4.72 Å². The van der Waals surface area contributed by atoms with Crippen molar-refractivity contribution in [1.29, 1.82) is 0 Å². The van der Waals surface area contributed by atoms with Gasteiger partial charge in [-0.3, -0.25) is 9.29 Å². The van der Waals surface area contributed by atoms with E-state index < -0.39 is 21.4 Å². The number of rotatable bonds is 10. The second-order valence-corrected chi connectivity index (χ2v) is 9.33. The fourth-order valence-electron chi connectivity index (χ4n) is 3.19. The van der Waals surface area contributed by atoms with E-state index in [9.17, 15) is 8.42 Å². The zero-order valence-corrected chi connectivity index (χ0v) is 18.6. The van der Waals surface area contributed by atoms with Crippen molar-refractivity contribution in [2.24, 2.45) is 0 Å². The summed E-state index contributed by atoms with van der Waals surface area (Å²) in [5.74, 6) is 1.05. The van der Waals surface area contributed by atoms with E-state index in [1.807, 2.05) is 0 Å². The van der Waals surface area contributed by atoms with Gasteiger partial charge in [-0.15, -0.1) is 10.2 Å². The van der Waals surface area contributed by atoms with Crippen LogP contribution in [0.15, 0.2) is 12.4 Å². The molecular weight excluding hydrogens is 436 g/mol. The van der Waals surface area contributed by atoms with Crippen molar-refractivity contribution in [1.82, 2.24) is 24.7 Å². The molecule has 3 rings (SSSR count). The Balaban J connectivity index is 1.85. The minimum absolute atomic E-state index is 0.0548. The van der Waals surface area contributed by atoms with Crippen molar-refractivity contribution in [3.8, 4) is 0 Å². The molecule has 0 radical (unpaired) electrons. The third-order valence-corrected chi connectivity index (χ3v) is 6.78. The Hall–Kier alpha value is -1.86. The number of hydrogen-bond donors (Lipinski definition) is 1. The maximum Gasteiger partial charge on any atom is 0.240 e. The summed E-state index contributed by atoms with van der Waals surface area (Å²) in [6.45, 7) is 3.44. The van der Waals surface area contributed by atoms with E-state index in [4.69, 9.17) is 25.8 Å². The van der Waals surface area contributed by atoms with Gasteiger partial charge in [0.15, 0.2) is 5.82 Å². The first-order chi connectivity index (χ1) is 14.4. The zero-order chi connectivity index (χ0) is 21.7. The van der Waals surface area contributed by atoms with Crippen molar-refractivity contribution in [2.75, 3.05) is 38.8 Å². The topological polar surface area (TPSA) is 130 Å². The Labute approximate surface area is 180 Å². The van der Waals surface area contributed by atoms with Crippen LogP contribution in [0, 0.1) is 0 Å². The first-order valence-corrected chi connectivity index (χ1v) is 11.3. The summed E-state index contributed by atoms with van der Waals surface area (Å²) in [5.41, 5.74) is 0. The van der Waals surface area contributed by atoms with Gasteiger partial charge in [-0.1, -0.05) is 11.6 Å². The molecule has 13 heteroatoms. The fraction of sp³-hybridized carbons (Fsp3) is 0.647. The molecule has 0 saturated carbocycles. The average molecular weight is 461 g/mol. The molecule has 0 aliphatic carbocycles. The minimum Gasteiger partial charge on any atom is -0.383 e. The van der Waals surface area contributed by atoms with E-state index in [0.29, 0.717) is 37.2 Å². The summed E-state index contributed by atoms with van der Waals surface area (Å²) in [5, 5.41) is 7.61. The highest BCUT2D eigenvalue weighted by Gasteiger charge is 2.35. The Kier molecular flexibility index (Phi) is 7.58. The van der Waals surface area contributed by atoms with Gasteiger partial charge in [0.2, 0.25) is 16.0 Å². The highest BCUT2D eigenvalue weighted by Crippen LogP contribution is 2.28. The van der Waals surface area contributed by atoms with Crippen LogP contribution in [-0.2, 0) is 30.8 Å². The van der Waals surface area contributed by atoms with E-state index >= 15 is 0 Å². The van der Waals surface area contributed by atoms with E-state index in [1.54, 1.807) is 11.7 Å². The molecule has 0 unspecified atom stereocenters. The monoisotopic (exact) mass is 460 g/mol. The average Bonchev–Trinajstić information content (AvgIpc) is 3.38. The number of ether oxygens (including phenoxy) is 3. The van der Waals surface area contributed by atoms with Crippen LogP contribution in [0.25, 0.3) is 0 Å². The summed E-state index contributed by atoms with van der Waals surface area (Å²) < 4.78 is 46.4. The first-order valence-electron chi connectivity index (χ1n) is 9.39. The van der Waals surface area contributed by atoms with E-state index in [-0.39, 0.29) is 17.7 Å². The van der Waals surface area contributed by atoms with Crippen LogP contribution in [0.2, 0.25) is 5.02 Å². The molecule has 166 valence electrons. The molecule has 0 spiro atoms. The predicted molar refractivity (Wildman–Crippen MR) is 109 cm³/mol. The number of hydrogen-bond acceptors (Lipinski definition) is 9. The van der Waals surface area contributed by atoms with E-state index in [1.165, 1.54) is 26.4 Å². The Bertz CT molecular complexity index is 933. The molecular formula is C17H25ClN6O5S. The summed E-state index contributed by atoms with van der Waals surface area (Å²) in [4.78, 5) is 8.16. The lowest BCUT2D eigenvalue weighted by Crippen LogP contribution is -2.33. The summed E-state index contributed by atoms with van der Waals surface area (Å²) in [6.07, 6.45) is 2.67. The maximum absolute atomic E-state index is 13.1. The second kappa shape index (κ2) is 9.96. The van der Waals surface area contributed by atoms with Gasteiger partial charge in [-0.2, -0.15) is 0 Å². The van der Waals surface area contributed by atoms with Gasteiger partial charge < -0.3 is 14.2 Å². The molecule has 0 aromatic carbocycles. The number of anilines is 1.